The molecule has 1 aromatic carbocycles. The van der Waals surface area contributed by atoms with Crippen molar-refractivity contribution < 1.29 is 21.5 Å². The Morgan fingerprint density at radius 3 is 2.85 bits per heavy atom. The average Bonchev–Trinajstić information content (AvgIpc) is 2.58. The van der Waals surface area contributed by atoms with Gasteiger partial charge in [0.15, 0.2) is 0 Å². The quantitative estimate of drug-likeness (QED) is 0.566. The Morgan fingerprint density at radius 1 is 1.40 bits per heavy atom. The summed E-state index contributed by atoms with van der Waals surface area (Å²) >= 11 is 0. The summed E-state index contributed by atoms with van der Waals surface area (Å²) in [6.07, 6.45) is 0.00273. The van der Waals surface area contributed by atoms with Gasteiger partial charge in [-0.2, -0.15) is 0 Å². The number of nitrogens with zero attached hydrogens (tertiary/aromatic N) is 1. The molecule has 1 saturated heterocycles. The predicted molar refractivity (Wildman–Crippen MR) is 66.9 cm³/mol. The summed E-state index contributed by atoms with van der Waals surface area (Å²) in [4.78, 5) is 36.3. The largest absolute Gasteiger partial charge is 0.398 e. The molecule has 2 aliphatic rings. The number of benzene rings is 1. The highest BCUT2D eigenvalue weighted by molar-refractivity contribution is 6.06. The van der Waals surface area contributed by atoms with Gasteiger partial charge < -0.3 is 10.6 Å². The van der Waals surface area contributed by atoms with Gasteiger partial charge in [-0.1, -0.05) is 0 Å². The van der Waals surface area contributed by atoms with Gasteiger partial charge in [-0.3, -0.25) is 19.7 Å². The van der Waals surface area contributed by atoms with Crippen molar-refractivity contribution in [2.75, 3.05) is 5.73 Å². The fraction of sp³-hybridized carbons (Fsp3) is 0.308. The highest BCUT2D eigenvalue weighted by atomic mass is 19.1. The lowest BCUT2D eigenvalue weighted by Gasteiger charge is -2.29. The third-order valence-electron chi connectivity index (χ3n) is 3.34. The van der Waals surface area contributed by atoms with Gasteiger partial charge in [0.05, 0.1) is 2.74 Å². The monoisotopic (exact) mass is 279 g/mol. The van der Waals surface area contributed by atoms with Crippen LogP contribution in [0.3, 0.4) is 0 Å². The highest BCUT2D eigenvalue weighted by Crippen LogP contribution is 2.31. The molecule has 2 aliphatic heterocycles. The lowest BCUT2D eigenvalue weighted by atomic mass is 10.0. The van der Waals surface area contributed by atoms with Crippen LogP contribution in [0.2, 0.25) is 0 Å². The molecule has 0 radical (unpaired) electrons. The molecule has 6 nitrogen and oxygen atoms in total. The second-order valence-electron chi connectivity index (χ2n) is 4.67. The second-order valence-corrected chi connectivity index (χ2v) is 4.67. The zero-order valence-corrected chi connectivity index (χ0v) is 10.3. The van der Waals surface area contributed by atoms with E-state index in [1.54, 1.807) is 0 Å². The number of nitrogens with one attached hydrogen (secondary N) is 1. The molecule has 20 heavy (non-hydrogen) atoms. The van der Waals surface area contributed by atoms with Crippen molar-refractivity contribution in [1.82, 2.24) is 10.2 Å². The summed E-state index contributed by atoms with van der Waals surface area (Å²) in [6, 6.07) is 0.686. The van der Waals surface area contributed by atoms with Crippen molar-refractivity contribution in [3.05, 3.63) is 29.1 Å². The van der Waals surface area contributed by atoms with Gasteiger partial charge in [-0.15, -0.1) is 0 Å². The lowest BCUT2D eigenvalue weighted by Crippen LogP contribution is -2.52. The van der Waals surface area contributed by atoms with Gasteiger partial charge in [0.2, 0.25) is 11.8 Å². The van der Waals surface area contributed by atoms with Crippen LogP contribution >= 0.6 is 0 Å². The van der Waals surface area contributed by atoms with Crippen molar-refractivity contribution in [3.8, 4) is 0 Å². The Balaban J connectivity index is 2.08. The van der Waals surface area contributed by atoms with Crippen LogP contribution in [-0.2, 0) is 16.1 Å². The summed E-state index contributed by atoms with van der Waals surface area (Å²) < 4.78 is 29.7. The Bertz CT molecular complexity index is 723. The first-order chi connectivity index (χ1) is 10.2. The molecule has 1 aromatic rings. The average molecular weight is 279 g/mol. The van der Waals surface area contributed by atoms with Crippen LogP contribution < -0.4 is 11.1 Å². The molecule has 0 saturated carbocycles. The van der Waals surface area contributed by atoms with E-state index in [4.69, 9.17) is 8.48 Å². The SMILES string of the molecule is [2H]C1([2H])c2c(N)cc(F)cc2C(=O)N1C1CCC(=O)NC1=O. The third-order valence-corrected chi connectivity index (χ3v) is 3.34. The lowest BCUT2D eigenvalue weighted by molar-refractivity contribution is -0.136. The molecular formula is C13H12FN3O3. The van der Waals surface area contributed by atoms with E-state index in [0.29, 0.717) is 0 Å². The summed E-state index contributed by atoms with van der Waals surface area (Å²) in [5.41, 5.74) is 5.10. The van der Waals surface area contributed by atoms with E-state index in [-0.39, 0.29) is 29.7 Å². The molecular weight excluding hydrogens is 265 g/mol. The number of nitrogens with two attached hydrogens (primary N) is 1. The fourth-order valence-electron chi connectivity index (χ4n) is 2.37. The predicted octanol–water partition coefficient (Wildman–Crippen LogP) is 0.169. The van der Waals surface area contributed by atoms with Gasteiger partial charge in [-0.25, -0.2) is 4.39 Å². The number of fused-ring (bicyclic) bond motifs is 1. The molecule has 1 unspecified atom stereocenters. The number of anilines is 1. The van der Waals surface area contributed by atoms with Crippen molar-refractivity contribution in [2.45, 2.75) is 25.4 Å². The number of rotatable bonds is 1. The zero-order chi connectivity index (χ0) is 16.2. The van der Waals surface area contributed by atoms with Gasteiger partial charge in [-0.05, 0) is 18.6 Å². The van der Waals surface area contributed by atoms with E-state index in [1.807, 2.05) is 0 Å². The minimum atomic E-state index is -2.35. The minimum Gasteiger partial charge on any atom is -0.398 e. The van der Waals surface area contributed by atoms with Gasteiger partial charge in [0.25, 0.3) is 5.91 Å². The highest BCUT2D eigenvalue weighted by Gasteiger charge is 2.39. The Labute approximate surface area is 116 Å². The van der Waals surface area contributed by atoms with Crippen molar-refractivity contribution in [3.63, 3.8) is 0 Å². The van der Waals surface area contributed by atoms with Gasteiger partial charge in [0.1, 0.15) is 11.9 Å². The van der Waals surface area contributed by atoms with E-state index in [2.05, 4.69) is 5.32 Å². The number of imide groups is 1. The van der Waals surface area contributed by atoms with Crippen LogP contribution in [0.4, 0.5) is 10.1 Å². The summed E-state index contributed by atoms with van der Waals surface area (Å²) in [7, 11) is 0. The van der Waals surface area contributed by atoms with Crippen molar-refractivity contribution in [2.24, 2.45) is 0 Å². The standard InChI is InChI=1S/C13H12FN3O3/c14-6-3-7-8(9(15)4-6)5-17(13(7)20)10-1-2-11(18)16-12(10)19/h3-4,10H,1-2,5,15H2,(H,16,18,19)/i5D2. The number of hydrogen-bond acceptors (Lipinski definition) is 4. The van der Waals surface area contributed by atoms with Crippen LogP contribution in [0.15, 0.2) is 12.1 Å². The van der Waals surface area contributed by atoms with Gasteiger partial charge in [0, 0.05) is 29.7 Å². The summed E-state index contributed by atoms with van der Waals surface area (Å²) in [5, 5.41) is 2.07. The molecule has 104 valence electrons. The Kier molecular flexibility index (Phi) is 2.22. The van der Waals surface area contributed by atoms with Gasteiger partial charge >= 0.3 is 0 Å². The maximum atomic E-state index is 13.4. The number of carbonyl (C=O) groups excluding carboxylic acids is 3. The molecule has 2 heterocycles. The summed E-state index contributed by atoms with van der Waals surface area (Å²) in [6.45, 7) is -2.35. The number of nitrogen functional groups attached to an aromatic ring is 1. The Hall–Kier alpha value is -2.44. The normalized spacial score (nSPS) is 25.9. The molecule has 1 fully saturated rings. The van der Waals surface area contributed by atoms with Crippen molar-refractivity contribution in [1.29, 1.82) is 0 Å². The number of carbonyl (C=O) groups is 3. The first kappa shape index (κ1) is 10.4. The van der Waals surface area contributed by atoms with Crippen molar-refractivity contribution >= 4 is 23.4 Å². The molecule has 3 amide bonds. The molecule has 0 aromatic heterocycles. The van der Waals surface area contributed by atoms with Crippen LogP contribution in [0.1, 0.15) is 31.5 Å². The van der Waals surface area contributed by atoms with E-state index >= 15 is 0 Å². The molecule has 0 bridgehead atoms. The van der Waals surface area contributed by atoms with Crippen LogP contribution in [-0.4, -0.2) is 28.7 Å². The molecule has 0 spiro atoms. The van der Waals surface area contributed by atoms with Crippen LogP contribution in [0, 0.1) is 5.82 Å². The van der Waals surface area contributed by atoms with E-state index in [9.17, 15) is 18.8 Å². The zero-order valence-electron chi connectivity index (χ0n) is 12.3. The second kappa shape index (κ2) is 4.29. The Morgan fingerprint density at radius 2 is 2.15 bits per heavy atom. The number of piperidine rings is 1. The molecule has 3 N–H and O–H groups in total. The molecule has 1 atom stereocenters. The molecule has 3 rings (SSSR count). The third kappa shape index (κ3) is 1.82. The minimum absolute atomic E-state index is 0.00352. The number of hydrogen-bond donors (Lipinski definition) is 2. The molecule has 7 heteroatoms. The number of amides is 3. The van der Waals surface area contributed by atoms with Crippen LogP contribution in [0.5, 0.6) is 0 Å². The topological polar surface area (TPSA) is 92.5 Å². The number of halogens is 1. The smallest absolute Gasteiger partial charge is 0.255 e. The maximum absolute atomic E-state index is 13.4. The maximum Gasteiger partial charge on any atom is 0.255 e. The van der Waals surface area contributed by atoms with E-state index in [1.165, 1.54) is 0 Å². The van der Waals surface area contributed by atoms with Crippen LogP contribution in [0.25, 0.3) is 0 Å². The summed E-state index contributed by atoms with van der Waals surface area (Å²) in [5.74, 6) is -2.80. The fourth-order valence-corrected chi connectivity index (χ4v) is 2.37. The van der Waals surface area contributed by atoms with E-state index < -0.39 is 36.1 Å². The first-order valence-electron chi connectivity index (χ1n) is 7.00. The van der Waals surface area contributed by atoms with E-state index in [0.717, 1.165) is 17.0 Å². The first-order valence-corrected chi connectivity index (χ1v) is 6.00. The molecule has 0 aliphatic carbocycles.